The standard InChI is InChI=1S/C31H56FN2O9P/c1-3-4-5-6-7-8-9-10-11-12-13-14-15-16-17-18-19-40-26(22-35)23-41-44(38,39)42-24-28-27(32)20-29(43-28)34-21-25(2)30(36)33-31(34)37/h21,26-29,35H,3-20,22-24H2,1-2H3,(H,38,39)(H,33,36,37)/t26?,27-,28+,29+/m0/s1. The first-order valence-electron chi connectivity index (χ1n) is 16.6. The van der Waals surface area contributed by atoms with Crippen LogP contribution < -0.4 is 11.2 Å². The van der Waals surface area contributed by atoms with Gasteiger partial charge in [-0.2, -0.15) is 0 Å². The van der Waals surface area contributed by atoms with Crippen molar-refractivity contribution >= 4 is 7.82 Å². The molecule has 0 amide bonds. The fourth-order valence-corrected chi connectivity index (χ4v) is 6.01. The molecule has 0 spiro atoms. The second kappa shape index (κ2) is 22.2. The highest BCUT2D eigenvalue weighted by Crippen LogP contribution is 2.44. The van der Waals surface area contributed by atoms with Gasteiger partial charge in [-0.25, -0.2) is 13.8 Å². The molecule has 2 unspecified atom stereocenters. The number of aliphatic hydroxyl groups excluding tert-OH is 1. The third-order valence-electron chi connectivity index (χ3n) is 8.00. The summed E-state index contributed by atoms with van der Waals surface area (Å²) in [6, 6.07) is 0. The number of rotatable bonds is 26. The molecule has 3 N–H and O–H groups in total. The molecule has 0 saturated carbocycles. The highest BCUT2D eigenvalue weighted by molar-refractivity contribution is 7.47. The first-order chi connectivity index (χ1) is 21.2. The van der Waals surface area contributed by atoms with Gasteiger partial charge in [-0.3, -0.25) is 23.4 Å². The molecule has 0 radical (unpaired) electrons. The predicted octanol–water partition coefficient (Wildman–Crippen LogP) is 6.24. The van der Waals surface area contributed by atoms with Crippen LogP contribution in [0.3, 0.4) is 0 Å². The normalized spacial score (nSPS) is 20.6. The number of nitrogens with zero attached hydrogens (tertiary/aromatic N) is 1. The van der Waals surface area contributed by atoms with Crippen LogP contribution in [0.25, 0.3) is 0 Å². The molecule has 13 heteroatoms. The molecule has 1 aromatic heterocycles. The van der Waals surface area contributed by atoms with E-state index in [4.69, 9.17) is 18.5 Å². The van der Waals surface area contributed by atoms with E-state index in [9.17, 15) is 28.5 Å². The third kappa shape index (κ3) is 15.7. The summed E-state index contributed by atoms with van der Waals surface area (Å²) < 4.78 is 48.9. The minimum Gasteiger partial charge on any atom is -0.394 e. The van der Waals surface area contributed by atoms with Crippen LogP contribution in [0.5, 0.6) is 0 Å². The first-order valence-corrected chi connectivity index (χ1v) is 18.1. The number of ether oxygens (including phenoxy) is 2. The molecule has 2 rings (SSSR count). The van der Waals surface area contributed by atoms with Crippen LogP contribution in [0.1, 0.15) is 128 Å². The average Bonchev–Trinajstić information content (AvgIpc) is 3.37. The van der Waals surface area contributed by atoms with Crippen LogP contribution in [0.2, 0.25) is 0 Å². The Hall–Kier alpha value is -1.40. The number of phosphoric acid groups is 1. The van der Waals surface area contributed by atoms with Crippen molar-refractivity contribution in [2.75, 3.05) is 26.4 Å². The fraction of sp³-hybridized carbons (Fsp3) is 0.871. The number of aromatic nitrogens is 2. The molecule has 1 saturated heterocycles. The van der Waals surface area contributed by atoms with E-state index in [0.717, 1.165) is 23.8 Å². The predicted molar refractivity (Wildman–Crippen MR) is 168 cm³/mol. The van der Waals surface area contributed by atoms with E-state index < -0.39 is 56.9 Å². The summed E-state index contributed by atoms with van der Waals surface area (Å²) in [5, 5.41) is 9.55. The van der Waals surface area contributed by atoms with E-state index in [1.165, 1.54) is 96.6 Å². The lowest BCUT2D eigenvalue weighted by molar-refractivity contribution is -0.0442. The maximum absolute atomic E-state index is 14.5. The lowest BCUT2D eigenvalue weighted by atomic mass is 10.0. The molecule has 1 fully saturated rings. The summed E-state index contributed by atoms with van der Waals surface area (Å²) in [5.41, 5.74) is -1.04. The Labute approximate surface area is 261 Å². The van der Waals surface area contributed by atoms with Crippen LogP contribution in [-0.4, -0.2) is 64.4 Å². The molecule has 0 bridgehead atoms. The molecular weight excluding hydrogens is 594 g/mol. The van der Waals surface area contributed by atoms with Crippen molar-refractivity contribution in [3.63, 3.8) is 0 Å². The summed E-state index contributed by atoms with van der Waals surface area (Å²) in [6.45, 7) is 2.79. The van der Waals surface area contributed by atoms with Crippen molar-refractivity contribution in [2.45, 2.75) is 148 Å². The van der Waals surface area contributed by atoms with Crippen molar-refractivity contribution in [3.8, 4) is 0 Å². The van der Waals surface area contributed by atoms with Crippen LogP contribution in [-0.2, 0) is 23.1 Å². The largest absolute Gasteiger partial charge is 0.472 e. The molecule has 256 valence electrons. The van der Waals surface area contributed by atoms with Gasteiger partial charge in [0.15, 0.2) is 0 Å². The highest BCUT2D eigenvalue weighted by atomic mass is 31.2. The molecule has 0 aromatic carbocycles. The van der Waals surface area contributed by atoms with Crippen LogP contribution in [0.15, 0.2) is 15.8 Å². The monoisotopic (exact) mass is 650 g/mol. The number of phosphoric ester groups is 1. The summed E-state index contributed by atoms with van der Waals surface area (Å²) in [5.74, 6) is 0. The maximum atomic E-state index is 14.5. The number of halogens is 1. The maximum Gasteiger partial charge on any atom is 0.472 e. The molecule has 5 atom stereocenters. The summed E-state index contributed by atoms with van der Waals surface area (Å²) >= 11 is 0. The number of alkyl halides is 1. The van der Waals surface area contributed by atoms with Gasteiger partial charge in [-0.1, -0.05) is 103 Å². The molecule has 44 heavy (non-hydrogen) atoms. The number of hydrogen-bond acceptors (Lipinski definition) is 8. The van der Waals surface area contributed by atoms with Crippen LogP contribution >= 0.6 is 7.82 Å². The quantitative estimate of drug-likeness (QED) is 0.0782. The van der Waals surface area contributed by atoms with Gasteiger partial charge in [0.1, 0.15) is 24.6 Å². The molecular formula is C31H56FN2O9P. The number of aliphatic hydroxyl groups is 1. The molecule has 11 nitrogen and oxygen atoms in total. The second-order valence-corrected chi connectivity index (χ2v) is 13.4. The minimum atomic E-state index is -4.59. The molecule has 1 aliphatic rings. The number of hydrogen-bond donors (Lipinski definition) is 3. The Morgan fingerprint density at radius 2 is 1.52 bits per heavy atom. The highest BCUT2D eigenvalue weighted by Gasteiger charge is 2.39. The van der Waals surface area contributed by atoms with Gasteiger partial charge in [0.05, 0.1) is 19.8 Å². The lowest BCUT2D eigenvalue weighted by Gasteiger charge is -2.20. The van der Waals surface area contributed by atoms with Crippen LogP contribution in [0, 0.1) is 6.92 Å². The lowest BCUT2D eigenvalue weighted by Crippen LogP contribution is -2.33. The Balaban J connectivity index is 1.50. The Morgan fingerprint density at radius 3 is 2.07 bits per heavy atom. The second-order valence-electron chi connectivity index (χ2n) is 11.9. The van der Waals surface area contributed by atoms with Gasteiger partial charge in [0.25, 0.3) is 5.56 Å². The third-order valence-corrected chi connectivity index (χ3v) is 8.95. The van der Waals surface area contributed by atoms with Gasteiger partial charge in [-0.05, 0) is 13.3 Å². The van der Waals surface area contributed by atoms with Gasteiger partial charge < -0.3 is 19.5 Å². The molecule has 1 aromatic rings. The minimum absolute atomic E-state index is 0.199. The fourth-order valence-electron chi connectivity index (χ4n) is 5.25. The molecule has 2 heterocycles. The van der Waals surface area contributed by atoms with Gasteiger partial charge in [0, 0.05) is 24.8 Å². The van der Waals surface area contributed by atoms with Crippen molar-refractivity contribution in [2.24, 2.45) is 0 Å². The molecule has 0 aliphatic carbocycles. The van der Waals surface area contributed by atoms with E-state index in [-0.39, 0.29) is 18.6 Å². The van der Waals surface area contributed by atoms with E-state index >= 15 is 0 Å². The zero-order valence-electron chi connectivity index (χ0n) is 26.8. The smallest absolute Gasteiger partial charge is 0.394 e. The first kappa shape index (κ1) is 38.8. The van der Waals surface area contributed by atoms with Gasteiger partial charge in [0.2, 0.25) is 0 Å². The zero-order valence-corrected chi connectivity index (χ0v) is 27.7. The summed E-state index contributed by atoms with van der Waals surface area (Å²) in [4.78, 5) is 35.8. The number of H-pyrrole nitrogens is 1. The zero-order chi connectivity index (χ0) is 32.2. The summed E-state index contributed by atoms with van der Waals surface area (Å²) in [6.07, 6.45) is 16.8. The Kier molecular flexibility index (Phi) is 19.6. The summed E-state index contributed by atoms with van der Waals surface area (Å²) in [7, 11) is -4.59. The van der Waals surface area contributed by atoms with Crippen molar-refractivity contribution < 1.29 is 37.5 Å². The number of aromatic amines is 1. The van der Waals surface area contributed by atoms with Crippen LogP contribution in [0.4, 0.5) is 4.39 Å². The van der Waals surface area contributed by atoms with E-state index in [1.54, 1.807) is 0 Å². The van der Waals surface area contributed by atoms with Gasteiger partial charge in [-0.15, -0.1) is 0 Å². The number of aryl methyl sites for hydroxylation is 1. The molecule has 1 aliphatic heterocycles. The number of unbranched alkanes of at least 4 members (excludes halogenated alkanes) is 15. The van der Waals surface area contributed by atoms with Crippen molar-refractivity contribution in [1.82, 2.24) is 9.55 Å². The topological polar surface area (TPSA) is 149 Å². The van der Waals surface area contributed by atoms with E-state index in [1.807, 2.05) is 0 Å². The number of nitrogens with one attached hydrogen (secondary N) is 1. The Morgan fingerprint density at radius 1 is 0.977 bits per heavy atom. The van der Waals surface area contributed by atoms with Crippen molar-refractivity contribution in [1.29, 1.82) is 0 Å². The van der Waals surface area contributed by atoms with Crippen molar-refractivity contribution in [3.05, 3.63) is 32.6 Å². The van der Waals surface area contributed by atoms with Gasteiger partial charge >= 0.3 is 13.5 Å². The van der Waals surface area contributed by atoms with E-state index in [2.05, 4.69) is 11.9 Å². The Bertz CT molecular complexity index is 1070. The average molecular weight is 651 g/mol. The van der Waals surface area contributed by atoms with E-state index in [0.29, 0.717) is 6.61 Å². The SMILES string of the molecule is CCCCCCCCCCCCCCCCCCOC(CO)COP(=O)(O)OC[C@H]1O[C@@H](n2cc(C)c(=O)[nH]c2=O)C[C@@H]1F.